The molecule has 7 nitrogen and oxygen atoms in total. The molecule has 0 bridgehead atoms. The zero-order chi connectivity index (χ0) is 25.3. The van der Waals surface area contributed by atoms with Crippen LogP contribution in [0.5, 0.6) is 0 Å². The summed E-state index contributed by atoms with van der Waals surface area (Å²) in [5.74, 6) is 0.558. The summed E-state index contributed by atoms with van der Waals surface area (Å²) in [6.07, 6.45) is 7.88. The van der Waals surface area contributed by atoms with Crippen LogP contribution in [0.4, 0.5) is 0 Å². The summed E-state index contributed by atoms with van der Waals surface area (Å²) in [5.41, 5.74) is 5.43. The molecule has 4 saturated carbocycles. The molecule has 5 aliphatic rings. The number of carbonyl (C=O) groups is 2. The van der Waals surface area contributed by atoms with Gasteiger partial charge < -0.3 is 26.0 Å². The molecule has 0 unspecified atom stereocenters. The third-order valence-corrected chi connectivity index (χ3v) is 11.4. The Morgan fingerprint density at radius 1 is 1.14 bits per heavy atom. The van der Waals surface area contributed by atoms with Crippen LogP contribution in [0.25, 0.3) is 0 Å². The van der Waals surface area contributed by atoms with Crippen molar-refractivity contribution in [1.82, 2.24) is 5.32 Å². The number of fused-ring (bicyclic) bond motifs is 5. The van der Waals surface area contributed by atoms with E-state index in [1.807, 2.05) is 20.8 Å². The minimum Gasteiger partial charge on any atom is -0.458 e. The van der Waals surface area contributed by atoms with E-state index in [9.17, 15) is 19.8 Å². The van der Waals surface area contributed by atoms with Gasteiger partial charge in [-0.05, 0) is 91.9 Å². The van der Waals surface area contributed by atoms with Crippen molar-refractivity contribution in [3.05, 3.63) is 11.6 Å². The number of ether oxygens (including phenoxy) is 1. The standard InChI is InChI=1S/C28H44N2O5/c1-15(2)24(29)25(33)30-18-7-9-26(3)17(12-18)5-6-20-21(26)13-22(31)27(4)19(8-10-28(20,27)34)16-11-23(32)35-14-16/h11,15,17-22,24,31,34H,5-10,12-14,29H2,1-4H3,(H,30,33)/t17-,18+,19-,20-,21+,22-,24-,26+,27+,28+/m1/s1. The third-order valence-electron chi connectivity index (χ3n) is 11.4. The van der Waals surface area contributed by atoms with Crippen molar-refractivity contribution in [1.29, 1.82) is 0 Å². The highest BCUT2D eigenvalue weighted by Crippen LogP contribution is 2.69. The van der Waals surface area contributed by atoms with E-state index in [2.05, 4.69) is 12.2 Å². The highest BCUT2D eigenvalue weighted by atomic mass is 16.5. The van der Waals surface area contributed by atoms with Crippen molar-refractivity contribution in [2.75, 3.05) is 6.61 Å². The number of aliphatic hydroxyl groups is 2. The van der Waals surface area contributed by atoms with Gasteiger partial charge in [0.05, 0.1) is 17.7 Å². The van der Waals surface area contributed by atoms with Crippen LogP contribution in [0.15, 0.2) is 11.6 Å². The van der Waals surface area contributed by atoms with Gasteiger partial charge in [-0.2, -0.15) is 0 Å². The van der Waals surface area contributed by atoms with Gasteiger partial charge in [-0.3, -0.25) is 4.79 Å². The van der Waals surface area contributed by atoms with E-state index in [4.69, 9.17) is 10.5 Å². The molecule has 35 heavy (non-hydrogen) atoms. The van der Waals surface area contributed by atoms with Crippen LogP contribution in [0.1, 0.15) is 79.1 Å². The topological polar surface area (TPSA) is 122 Å². The molecular formula is C28H44N2O5. The number of hydrogen-bond acceptors (Lipinski definition) is 6. The van der Waals surface area contributed by atoms with Gasteiger partial charge in [-0.1, -0.05) is 27.7 Å². The third kappa shape index (κ3) is 3.63. The Morgan fingerprint density at radius 3 is 2.54 bits per heavy atom. The Kier molecular flexibility index (Phi) is 6.17. The fourth-order valence-corrected chi connectivity index (χ4v) is 9.12. The first-order valence-corrected chi connectivity index (χ1v) is 13.8. The summed E-state index contributed by atoms with van der Waals surface area (Å²) in [5, 5.41) is 27.2. The van der Waals surface area contributed by atoms with E-state index in [0.29, 0.717) is 18.8 Å². The van der Waals surface area contributed by atoms with Crippen molar-refractivity contribution < 1.29 is 24.5 Å². The first-order chi connectivity index (χ1) is 16.4. The lowest BCUT2D eigenvalue weighted by Gasteiger charge is -2.65. The average molecular weight is 489 g/mol. The van der Waals surface area contributed by atoms with Crippen molar-refractivity contribution in [3.63, 3.8) is 0 Å². The monoisotopic (exact) mass is 488 g/mol. The molecule has 5 rings (SSSR count). The molecule has 7 heteroatoms. The minimum absolute atomic E-state index is 0.0310. The molecule has 4 fully saturated rings. The van der Waals surface area contributed by atoms with Gasteiger partial charge in [-0.15, -0.1) is 0 Å². The number of carbonyl (C=O) groups excluding carboxylic acids is 2. The van der Waals surface area contributed by atoms with Gasteiger partial charge in [0, 0.05) is 17.5 Å². The number of cyclic esters (lactones) is 1. The molecule has 4 aliphatic carbocycles. The molecule has 1 heterocycles. The molecule has 1 aliphatic heterocycles. The fraction of sp³-hybridized carbons (Fsp3) is 0.857. The number of rotatable bonds is 4. The van der Waals surface area contributed by atoms with Crippen LogP contribution < -0.4 is 11.1 Å². The predicted octanol–water partition coefficient (Wildman–Crippen LogP) is 2.68. The normalized spacial score (nSPS) is 47.9. The summed E-state index contributed by atoms with van der Waals surface area (Å²) in [4.78, 5) is 24.4. The molecule has 0 saturated heterocycles. The van der Waals surface area contributed by atoms with E-state index >= 15 is 0 Å². The lowest BCUT2D eigenvalue weighted by molar-refractivity contribution is -0.243. The minimum atomic E-state index is -0.949. The number of hydrogen-bond donors (Lipinski definition) is 4. The van der Waals surface area contributed by atoms with Gasteiger partial charge in [-0.25, -0.2) is 4.79 Å². The fourth-order valence-electron chi connectivity index (χ4n) is 9.12. The molecule has 0 aromatic carbocycles. The van der Waals surface area contributed by atoms with E-state index in [-0.39, 0.29) is 53.6 Å². The van der Waals surface area contributed by atoms with Gasteiger partial charge in [0.15, 0.2) is 0 Å². The zero-order valence-electron chi connectivity index (χ0n) is 21.8. The summed E-state index contributed by atoms with van der Waals surface area (Å²) >= 11 is 0. The smallest absolute Gasteiger partial charge is 0.331 e. The molecule has 0 radical (unpaired) electrons. The Morgan fingerprint density at radius 2 is 1.89 bits per heavy atom. The zero-order valence-corrected chi connectivity index (χ0v) is 21.8. The average Bonchev–Trinajstić information content (AvgIpc) is 3.35. The van der Waals surface area contributed by atoms with Crippen molar-refractivity contribution in [3.8, 4) is 0 Å². The van der Waals surface area contributed by atoms with E-state index in [1.165, 1.54) is 0 Å². The van der Waals surface area contributed by atoms with Crippen LogP contribution in [0, 0.1) is 40.4 Å². The van der Waals surface area contributed by atoms with E-state index in [0.717, 1.165) is 44.1 Å². The molecule has 0 spiro atoms. The molecule has 196 valence electrons. The number of nitrogens with two attached hydrogens (primary N) is 1. The summed E-state index contributed by atoms with van der Waals surface area (Å²) in [6.45, 7) is 8.64. The maximum Gasteiger partial charge on any atom is 0.331 e. The Bertz CT molecular complexity index is 919. The molecule has 10 atom stereocenters. The highest BCUT2D eigenvalue weighted by Gasteiger charge is 2.70. The SMILES string of the molecule is CC(C)[C@@H](N)C(=O)N[C@H]1CC[C@@]2(C)[C@H](CC[C@@H]3[C@@H]2C[C@@H](O)[C@]2(C)[C@@H](C4=CC(=O)OC4)CC[C@]32O)C1. The molecule has 5 N–H and O–H groups in total. The predicted molar refractivity (Wildman–Crippen MR) is 132 cm³/mol. The Hall–Kier alpha value is -1.44. The van der Waals surface area contributed by atoms with Gasteiger partial charge in [0.25, 0.3) is 0 Å². The van der Waals surface area contributed by atoms with Crippen LogP contribution >= 0.6 is 0 Å². The Labute approximate surface area is 209 Å². The second kappa shape index (κ2) is 8.56. The van der Waals surface area contributed by atoms with E-state index in [1.54, 1.807) is 6.08 Å². The van der Waals surface area contributed by atoms with Gasteiger partial charge in [0.2, 0.25) is 5.91 Å². The first-order valence-electron chi connectivity index (χ1n) is 13.8. The summed E-state index contributed by atoms with van der Waals surface area (Å²) in [6, 6.07) is -0.336. The van der Waals surface area contributed by atoms with Crippen molar-refractivity contribution in [2.24, 2.45) is 46.2 Å². The number of nitrogens with one attached hydrogen (secondary N) is 1. The molecule has 1 amide bonds. The van der Waals surface area contributed by atoms with Crippen LogP contribution in [-0.4, -0.2) is 52.5 Å². The molecule has 0 aromatic heterocycles. The highest BCUT2D eigenvalue weighted by molar-refractivity contribution is 5.85. The van der Waals surface area contributed by atoms with Crippen LogP contribution in [-0.2, 0) is 14.3 Å². The second-order valence-electron chi connectivity index (χ2n) is 13.1. The number of amides is 1. The van der Waals surface area contributed by atoms with E-state index < -0.39 is 23.2 Å². The lowest BCUT2D eigenvalue weighted by atomic mass is 9.42. The van der Waals surface area contributed by atoms with Gasteiger partial charge in [0.1, 0.15) is 6.61 Å². The maximum absolute atomic E-state index is 12.6. The van der Waals surface area contributed by atoms with Crippen LogP contribution in [0.3, 0.4) is 0 Å². The summed E-state index contributed by atoms with van der Waals surface area (Å²) in [7, 11) is 0. The maximum atomic E-state index is 12.6. The van der Waals surface area contributed by atoms with Crippen molar-refractivity contribution >= 4 is 11.9 Å². The second-order valence-corrected chi connectivity index (χ2v) is 13.1. The molecular weight excluding hydrogens is 444 g/mol. The van der Waals surface area contributed by atoms with Crippen molar-refractivity contribution in [2.45, 2.75) is 103 Å². The lowest BCUT2D eigenvalue weighted by Crippen LogP contribution is -2.67. The van der Waals surface area contributed by atoms with Crippen LogP contribution in [0.2, 0.25) is 0 Å². The summed E-state index contributed by atoms with van der Waals surface area (Å²) < 4.78 is 5.20. The molecule has 0 aromatic rings. The number of aliphatic hydroxyl groups excluding tert-OH is 1. The first kappa shape index (κ1) is 25.2. The quantitative estimate of drug-likeness (QED) is 0.452. The Balaban J connectivity index is 1.35. The largest absolute Gasteiger partial charge is 0.458 e. The van der Waals surface area contributed by atoms with Gasteiger partial charge >= 0.3 is 5.97 Å². The number of esters is 1.